The quantitative estimate of drug-likeness (QED) is 0.337. The van der Waals surface area contributed by atoms with Crippen LogP contribution in [-0.2, 0) is 16.8 Å². The van der Waals surface area contributed by atoms with Crippen molar-refractivity contribution in [1.29, 1.82) is 0 Å². The summed E-state index contributed by atoms with van der Waals surface area (Å²) in [5.74, 6) is 0. The number of halogens is 1. The number of hydrogen-bond acceptors (Lipinski definition) is 4. The third-order valence-corrected chi connectivity index (χ3v) is 0. The van der Waals surface area contributed by atoms with E-state index in [1.807, 2.05) is 0 Å². The molecule has 6 heavy (non-hydrogen) atoms. The van der Waals surface area contributed by atoms with Crippen molar-refractivity contribution in [2.24, 2.45) is 0 Å². The van der Waals surface area contributed by atoms with Crippen LogP contribution in [0.1, 0.15) is 0 Å². The van der Waals surface area contributed by atoms with Crippen LogP contribution < -0.4 is 14.0 Å². The molecule has 41 valence electrons. The van der Waals surface area contributed by atoms with Crippen LogP contribution in [-0.4, -0.2) is 4.66 Å². The van der Waals surface area contributed by atoms with E-state index < -0.39 is 10.2 Å². The Morgan fingerprint density at radius 2 is 1.17 bits per heavy atom. The average molecular weight is 103 g/mol. The van der Waals surface area contributed by atoms with Crippen molar-refractivity contribution < 1.29 is 45.7 Å². The smallest absolute Gasteiger partial charge is 0.0777 e. The molecular weight excluding hydrogens is 102 g/mol. The maximum atomic E-state index is 8.60. The predicted octanol–water partition coefficient (Wildman–Crippen LogP) is -4.13. The van der Waals surface area contributed by atoms with Crippen molar-refractivity contribution in [2.75, 3.05) is 0 Å². The van der Waals surface area contributed by atoms with Crippen molar-refractivity contribution in [1.82, 2.24) is 0 Å². The molecule has 1 radical (unpaired) electrons. The van der Waals surface area contributed by atoms with Crippen LogP contribution in [0.4, 0.5) is 0 Å². The fourth-order valence-electron chi connectivity index (χ4n) is 0. The molecule has 0 spiro atoms. The standard InChI is InChI=1S/ClHO4.Co/c2-1(3,4)5;/h(H,2,3,4,5);/i;1-56. The van der Waals surface area contributed by atoms with Crippen molar-refractivity contribution >= 4 is 0 Å². The van der Waals surface area contributed by atoms with Crippen molar-refractivity contribution in [3.8, 4) is 0 Å². The van der Waals surface area contributed by atoms with Gasteiger partial charge in [-0.05, 0) is 0 Å². The van der Waals surface area contributed by atoms with Gasteiger partial charge in [-0.15, -0.1) is 0 Å². The van der Waals surface area contributed by atoms with E-state index in [1.165, 1.54) is 0 Å². The van der Waals surface area contributed by atoms with Crippen LogP contribution >= 0.6 is 0 Å². The molecule has 0 aromatic heterocycles. The summed E-state index contributed by atoms with van der Waals surface area (Å²) in [6.45, 7) is 0. The van der Waals surface area contributed by atoms with Crippen LogP contribution in [0, 0.1) is 10.2 Å². The van der Waals surface area contributed by atoms with Gasteiger partial charge in [0.1, 0.15) is 0 Å². The monoisotopic (exact) mass is 103 g/mol. The molecule has 0 saturated carbocycles. The van der Waals surface area contributed by atoms with Crippen LogP contribution in [0.15, 0.2) is 0 Å². The zero-order valence-electron chi connectivity index (χ0n) is 2.38. The maximum absolute atomic E-state index is 8.60. The SMILES string of the molecule is [3Co].[O-][Cl+3]([O-])([O-])O. The molecule has 0 amide bonds. The van der Waals surface area contributed by atoms with Gasteiger partial charge in [0.2, 0.25) is 0 Å². The molecule has 0 aromatic rings. The number of hydrogen-bond donors (Lipinski definition) is 1. The van der Waals surface area contributed by atoms with Gasteiger partial charge in [-0.25, -0.2) is 0 Å². The van der Waals surface area contributed by atoms with E-state index in [9.17, 15) is 0 Å². The normalized spacial score (nSPS) is 10.0. The molecule has 0 unspecified atom stereocenters. The van der Waals surface area contributed by atoms with Gasteiger partial charge < -0.3 is 0 Å². The molecule has 4 nitrogen and oxygen atoms in total. The van der Waals surface area contributed by atoms with E-state index in [4.69, 9.17) is 18.6 Å². The van der Waals surface area contributed by atoms with Gasteiger partial charge in [-0.2, -0.15) is 14.0 Å². The summed E-state index contributed by atoms with van der Waals surface area (Å²) < 4.78 is 32.7. The Kier molecular flexibility index (Phi) is 4.50. The minimum atomic E-state index is -4.69. The molecule has 0 bridgehead atoms. The molecular formula is HClCoO4. The molecule has 0 heterocycles. The van der Waals surface area contributed by atoms with Gasteiger partial charge in [0.05, 0.1) is 14.9 Å². The van der Waals surface area contributed by atoms with E-state index in [0.29, 0.717) is 0 Å². The summed E-state index contributed by atoms with van der Waals surface area (Å²) in [6.07, 6.45) is 0. The van der Waals surface area contributed by atoms with Gasteiger partial charge in [0, 0.05) is 16.8 Å². The Morgan fingerprint density at radius 3 is 1.17 bits per heavy atom. The molecule has 6 heteroatoms. The van der Waals surface area contributed by atoms with Crippen molar-refractivity contribution in [3.63, 3.8) is 0 Å². The van der Waals surface area contributed by atoms with Gasteiger partial charge >= 0.3 is 0 Å². The first-order valence-corrected chi connectivity index (χ1v) is 1.90. The van der Waals surface area contributed by atoms with Gasteiger partial charge in [0.25, 0.3) is 0 Å². The molecule has 0 aliphatic heterocycles. The molecule has 1 N–H and O–H groups in total. The van der Waals surface area contributed by atoms with E-state index in [1.54, 1.807) is 0 Å². The third kappa shape index (κ3) is 151. The molecule has 0 aromatic carbocycles. The largest absolute Gasteiger partial charge is 0.183 e. The number of rotatable bonds is 0. The van der Waals surface area contributed by atoms with Crippen LogP contribution in [0.25, 0.3) is 0 Å². The first-order valence-electron chi connectivity index (χ1n) is 0.632. The second kappa shape index (κ2) is 2.75. The molecule has 0 aliphatic rings. The summed E-state index contributed by atoms with van der Waals surface area (Å²) in [4.78, 5) is 0. The summed E-state index contributed by atoms with van der Waals surface area (Å²) in [6, 6.07) is 0. The predicted molar refractivity (Wildman–Crippen MR) is 2.22 cm³/mol. The average Bonchev–Trinajstić information content (AvgIpc) is 0.722. The Morgan fingerprint density at radius 1 is 1.17 bits per heavy atom. The first kappa shape index (κ1) is 9.81. The van der Waals surface area contributed by atoms with Crippen molar-refractivity contribution in [3.05, 3.63) is 0 Å². The van der Waals surface area contributed by atoms with Crippen molar-refractivity contribution in [2.45, 2.75) is 0 Å². The zero-order valence-corrected chi connectivity index (χ0v) is 4.18. The van der Waals surface area contributed by atoms with Gasteiger partial charge in [-0.1, -0.05) is 0 Å². The third-order valence-electron chi connectivity index (χ3n) is 0. The maximum Gasteiger partial charge on any atom is 0.0777 e. The van der Waals surface area contributed by atoms with E-state index in [2.05, 4.69) is 0 Å². The molecule has 0 saturated heterocycles. The Balaban J connectivity index is 0. The second-order valence-corrected chi connectivity index (χ2v) is 1.19. The summed E-state index contributed by atoms with van der Waals surface area (Å²) >= 11 is 0. The van der Waals surface area contributed by atoms with Gasteiger partial charge in [0.15, 0.2) is 0 Å². The van der Waals surface area contributed by atoms with Crippen LogP contribution in [0.2, 0.25) is 0 Å². The fourth-order valence-corrected chi connectivity index (χ4v) is 0. The summed E-state index contributed by atoms with van der Waals surface area (Å²) in [5, 5.41) is 0. The molecule has 0 fully saturated rings. The van der Waals surface area contributed by atoms with Crippen LogP contribution in [0.5, 0.6) is 0 Å². The Bertz CT molecular complexity index is 23.0. The minimum absolute atomic E-state index is 0. The molecule has 0 aliphatic carbocycles. The first-order chi connectivity index (χ1) is 2.00. The Labute approximate surface area is 46.3 Å². The molecule has 0 rings (SSSR count). The topological polar surface area (TPSA) is 89.4 Å². The van der Waals surface area contributed by atoms with E-state index in [-0.39, 0.29) is 16.8 Å². The minimum Gasteiger partial charge on any atom is -0.183 e. The Hall–Kier alpha value is 0.636. The van der Waals surface area contributed by atoms with E-state index >= 15 is 0 Å². The van der Waals surface area contributed by atoms with Crippen LogP contribution in [0.3, 0.4) is 0 Å². The summed E-state index contributed by atoms with van der Waals surface area (Å²) in [7, 11) is -4.69. The molecule has 0 atom stereocenters. The van der Waals surface area contributed by atoms with Gasteiger partial charge in [-0.3, -0.25) is 0 Å². The summed E-state index contributed by atoms with van der Waals surface area (Å²) in [5.41, 5.74) is 0. The second-order valence-electron chi connectivity index (χ2n) is 0.396. The van der Waals surface area contributed by atoms with E-state index in [0.717, 1.165) is 0 Å². The zero-order chi connectivity index (χ0) is 4.50. The fraction of sp³-hybridized carbons (Fsp3) is 0.